The molecule has 0 bridgehead atoms. The molecule has 5 nitrogen and oxygen atoms in total. The van der Waals surface area contributed by atoms with Gasteiger partial charge in [-0.1, -0.05) is 42.0 Å². The molecule has 27 heavy (non-hydrogen) atoms. The molecule has 0 N–H and O–H groups in total. The van der Waals surface area contributed by atoms with Gasteiger partial charge in [0, 0.05) is 25.7 Å². The van der Waals surface area contributed by atoms with Crippen LogP contribution in [0.25, 0.3) is 0 Å². The maximum absolute atomic E-state index is 13.0. The molecule has 0 saturated carbocycles. The molecular weight excluding hydrogens is 384 g/mol. The van der Waals surface area contributed by atoms with Gasteiger partial charge in [-0.05, 0) is 44.2 Å². The maximum Gasteiger partial charge on any atom is 0.265 e. The summed E-state index contributed by atoms with van der Waals surface area (Å²) < 4.78 is 27.2. The Balaban J connectivity index is 2.45. The topological polar surface area (TPSA) is 57.7 Å². The van der Waals surface area contributed by atoms with Gasteiger partial charge in [0.15, 0.2) is 0 Å². The van der Waals surface area contributed by atoms with Crippen molar-refractivity contribution in [3.63, 3.8) is 0 Å². The fraction of sp³-hybridized carbons (Fsp3) is 0.250. The lowest BCUT2D eigenvalue weighted by molar-refractivity contribution is 0.0778. The number of anilines is 1. The molecule has 0 spiro atoms. The molecule has 0 aliphatic heterocycles. The SMILES string of the molecule is C=C(C)CN(CC)C(=O)c1ccc(Cl)c(S(=O)(=O)N(C)c2ccccc2)c1. The monoisotopic (exact) mass is 406 g/mol. The number of para-hydroxylation sites is 1. The van der Waals surface area contributed by atoms with Gasteiger partial charge in [-0.2, -0.15) is 0 Å². The Labute approximate surface area is 165 Å². The van der Waals surface area contributed by atoms with E-state index in [-0.39, 0.29) is 21.4 Å². The predicted octanol–water partition coefficient (Wildman–Crippen LogP) is 4.20. The number of hydrogen-bond donors (Lipinski definition) is 0. The van der Waals surface area contributed by atoms with Crippen LogP contribution in [0.4, 0.5) is 5.69 Å². The molecule has 0 heterocycles. The van der Waals surface area contributed by atoms with Gasteiger partial charge in [0.25, 0.3) is 15.9 Å². The minimum atomic E-state index is -3.92. The van der Waals surface area contributed by atoms with Crippen LogP contribution in [-0.4, -0.2) is 39.4 Å². The lowest BCUT2D eigenvalue weighted by Crippen LogP contribution is -2.32. The number of benzene rings is 2. The van der Waals surface area contributed by atoms with Gasteiger partial charge in [0.1, 0.15) is 4.90 Å². The average molecular weight is 407 g/mol. The highest BCUT2D eigenvalue weighted by Crippen LogP contribution is 2.28. The third kappa shape index (κ3) is 4.70. The summed E-state index contributed by atoms with van der Waals surface area (Å²) in [5.41, 5.74) is 1.61. The number of hydrogen-bond acceptors (Lipinski definition) is 3. The first-order valence-corrected chi connectivity index (χ1v) is 10.3. The zero-order valence-corrected chi connectivity index (χ0v) is 17.2. The molecule has 0 aliphatic rings. The van der Waals surface area contributed by atoms with E-state index in [1.807, 2.05) is 13.8 Å². The molecule has 2 rings (SSSR count). The molecule has 0 radical (unpaired) electrons. The van der Waals surface area contributed by atoms with Crippen molar-refractivity contribution in [2.45, 2.75) is 18.7 Å². The van der Waals surface area contributed by atoms with Crippen molar-refractivity contribution in [3.8, 4) is 0 Å². The Morgan fingerprint density at radius 1 is 1.15 bits per heavy atom. The summed E-state index contributed by atoms with van der Waals surface area (Å²) in [6.07, 6.45) is 0. The zero-order valence-electron chi connectivity index (χ0n) is 15.6. The molecule has 1 amide bonds. The molecule has 0 fully saturated rings. The Morgan fingerprint density at radius 3 is 2.33 bits per heavy atom. The van der Waals surface area contributed by atoms with E-state index in [1.165, 1.54) is 25.2 Å². The fourth-order valence-corrected chi connectivity index (χ4v) is 4.29. The van der Waals surface area contributed by atoms with Gasteiger partial charge in [-0.3, -0.25) is 9.10 Å². The molecule has 2 aromatic rings. The highest BCUT2D eigenvalue weighted by molar-refractivity contribution is 7.93. The maximum atomic E-state index is 13.0. The predicted molar refractivity (Wildman–Crippen MR) is 110 cm³/mol. The largest absolute Gasteiger partial charge is 0.335 e. The van der Waals surface area contributed by atoms with Gasteiger partial charge in [0.2, 0.25) is 0 Å². The molecule has 0 aromatic heterocycles. The third-order valence-electron chi connectivity index (χ3n) is 4.07. The van der Waals surface area contributed by atoms with E-state index in [9.17, 15) is 13.2 Å². The number of amides is 1. The van der Waals surface area contributed by atoms with Crippen molar-refractivity contribution in [3.05, 3.63) is 71.3 Å². The third-order valence-corrected chi connectivity index (χ3v) is 6.33. The summed E-state index contributed by atoms with van der Waals surface area (Å²) in [6, 6.07) is 13.0. The van der Waals surface area contributed by atoms with Gasteiger partial charge in [-0.15, -0.1) is 0 Å². The van der Waals surface area contributed by atoms with Gasteiger partial charge in [0.05, 0.1) is 10.7 Å². The number of likely N-dealkylation sites (N-methyl/N-ethyl adjacent to an activating group) is 1. The summed E-state index contributed by atoms with van der Waals surface area (Å²) in [5.74, 6) is -0.268. The van der Waals surface area contributed by atoms with E-state index in [2.05, 4.69) is 6.58 Å². The van der Waals surface area contributed by atoms with Crippen LogP contribution in [0.2, 0.25) is 5.02 Å². The first-order valence-electron chi connectivity index (χ1n) is 8.45. The lowest BCUT2D eigenvalue weighted by Gasteiger charge is -2.23. The first-order chi connectivity index (χ1) is 12.7. The van der Waals surface area contributed by atoms with Crippen LogP contribution in [0.15, 0.2) is 65.6 Å². The Morgan fingerprint density at radius 2 is 1.78 bits per heavy atom. The lowest BCUT2D eigenvalue weighted by atomic mass is 10.2. The minimum absolute atomic E-state index is 0.0669. The molecule has 144 valence electrons. The van der Waals surface area contributed by atoms with Crippen LogP contribution < -0.4 is 4.31 Å². The standard InChI is InChI=1S/C20H23ClN2O3S/c1-5-23(14-15(2)3)20(24)16-11-12-18(21)19(13-16)27(25,26)22(4)17-9-7-6-8-10-17/h6-13H,2,5,14H2,1,3-4H3. The summed E-state index contributed by atoms with van der Waals surface area (Å²) in [6.45, 7) is 8.42. The normalized spacial score (nSPS) is 11.1. The molecule has 2 aromatic carbocycles. The van der Waals surface area contributed by atoms with Crippen LogP contribution >= 0.6 is 11.6 Å². The number of nitrogens with zero attached hydrogens (tertiary/aromatic N) is 2. The number of rotatable bonds is 7. The number of halogens is 1. The smallest absolute Gasteiger partial charge is 0.265 e. The van der Waals surface area contributed by atoms with Gasteiger partial charge in [-0.25, -0.2) is 8.42 Å². The quantitative estimate of drug-likeness (QED) is 0.647. The molecule has 0 aliphatic carbocycles. The minimum Gasteiger partial charge on any atom is -0.335 e. The van der Waals surface area contributed by atoms with Crippen molar-refractivity contribution in [2.24, 2.45) is 0 Å². The van der Waals surface area contributed by atoms with Crippen LogP contribution in [0.1, 0.15) is 24.2 Å². The van der Waals surface area contributed by atoms with Crippen molar-refractivity contribution < 1.29 is 13.2 Å². The summed E-state index contributed by atoms with van der Waals surface area (Å²) >= 11 is 6.17. The average Bonchev–Trinajstić information content (AvgIpc) is 2.65. The van der Waals surface area contributed by atoms with E-state index in [1.54, 1.807) is 35.2 Å². The van der Waals surface area contributed by atoms with E-state index < -0.39 is 10.0 Å². The fourth-order valence-electron chi connectivity index (χ4n) is 2.59. The number of carbonyl (C=O) groups is 1. The van der Waals surface area contributed by atoms with Gasteiger partial charge < -0.3 is 4.90 Å². The van der Waals surface area contributed by atoms with Crippen molar-refractivity contribution in [2.75, 3.05) is 24.4 Å². The van der Waals surface area contributed by atoms with Gasteiger partial charge >= 0.3 is 0 Å². The van der Waals surface area contributed by atoms with E-state index in [4.69, 9.17) is 11.6 Å². The highest BCUT2D eigenvalue weighted by atomic mass is 35.5. The van der Waals surface area contributed by atoms with E-state index >= 15 is 0 Å². The Bertz CT molecular complexity index is 943. The Hall–Kier alpha value is -2.31. The molecule has 0 atom stereocenters. The second-order valence-electron chi connectivity index (χ2n) is 6.23. The van der Waals surface area contributed by atoms with Crippen molar-refractivity contribution >= 4 is 33.2 Å². The van der Waals surface area contributed by atoms with E-state index in [0.717, 1.165) is 9.88 Å². The zero-order chi connectivity index (χ0) is 20.2. The summed E-state index contributed by atoms with van der Waals surface area (Å²) in [5, 5.41) is 0.0669. The van der Waals surface area contributed by atoms with Crippen LogP contribution in [-0.2, 0) is 10.0 Å². The summed E-state index contributed by atoms with van der Waals surface area (Å²) in [7, 11) is -2.47. The van der Waals surface area contributed by atoms with Crippen LogP contribution in [0.3, 0.4) is 0 Å². The molecular formula is C20H23ClN2O3S. The van der Waals surface area contributed by atoms with Crippen molar-refractivity contribution in [1.29, 1.82) is 0 Å². The van der Waals surface area contributed by atoms with Crippen LogP contribution in [0, 0.1) is 0 Å². The first kappa shape index (κ1) is 21.0. The molecule has 7 heteroatoms. The second kappa shape index (κ2) is 8.59. The molecule has 0 unspecified atom stereocenters. The number of sulfonamides is 1. The molecule has 0 saturated heterocycles. The van der Waals surface area contributed by atoms with Crippen molar-refractivity contribution in [1.82, 2.24) is 4.90 Å². The second-order valence-corrected chi connectivity index (χ2v) is 8.57. The van der Waals surface area contributed by atoms with Crippen LogP contribution in [0.5, 0.6) is 0 Å². The Kier molecular flexibility index (Phi) is 6.68. The highest BCUT2D eigenvalue weighted by Gasteiger charge is 2.26. The summed E-state index contributed by atoms with van der Waals surface area (Å²) in [4.78, 5) is 14.3. The van der Waals surface area contributed by atoms with E-state index in [0.29, 0.717) is 18.8 Å². The number of carbonyl (C=O) groups excluding carboxylic acids is 1.